The molecule has 1 amide bonds. The normalized spacial score (nSPS) is 12.0. The van der Waals surface area contributed by atoms with Gasteiger partial charge in [0, 0.05) is 18.0 Å². The number of pyridine rings is 1. The molecule has 0 aliphatic carbocycles. The Morgan fingerprint density at radius 2 is 2.00 bits per heavy atom. The number of thiazole rings is 1. The van der Waals surface area contributed by atoms with Crippen LogP contribution < -0.4 is 5.32 Å². The molecule has 2 heterocycles. The summed E-state index contributed by atoms with van der Waals surface area (Å²) in [6.07, 6.45) is 2.96. The van der Waals surface area contributed by atoms with E-state index in [4.69, 9.17) is 11.6 Å². The molecule has 0 saturated carbocycles. The zero-order valence-electron chi connectivity index (χ0n) is 13.6. The first-order chi connectivity index (χ1) is 12.0. The summed E-state index contributed by atoms with van der Waals surface area (Å²) in [5.74, 6) is -0.553. The second-order valence-corrected chi connectivity index (χ2v) is 6.96. The van der Waals surface area contributed by atoms with Crippen LogP contribution in [0, 0.1) is 12.7 Å². The van der Waals surface area contributed by atoms with Crippen molar-refractivity contribution in [3.05, 3.63) is 69.7 Å². The Bertz CT molecular complexity index is 911. The molecule has 2 aromatic heterocycles. The molecule has 0 spiro atoms. The molecule has 0 radical (unpaired) electrons. The van der Waals surface area contributed by atoms with Gasteiger partial charge in [0.1, 0.15) is 10.8 Å². The quantitative estimate of drug-likeness (QED) is 0.712. The van der Waals surface area contributed by atoms with Gasteiger partial charge in [0.15, 0.2) is 0 Å². The zero-order valence-corrected chi connectivity index (χ0v) is 15.2. The Morgan fingerprint density at radius 1 is 1.28 bits per heavy atom. The Balaban J connectivity index is 1.81. The predicted octanol–water partition coefficient (Wildman–Crippen LogP) is 4.80. The van der Waals surface area contributed by atoms with Crippen LogP contribution in [-0.4, -0.2) is 15.9 Å². The largest absolute Gasteiger partial charge is 0.345 e. The fourth-order valence-electron chi connectivity index (χ4n) is 2.43. The number of nitrogens with one attached hydrogen (secondary N) is 1. The van der Waals surface area contributed by atoms with E-state index in [1.54, 1.807) is 18.2 Å². The summed E-state index contributed by atoms with van der Waals surface area (Å²) >= 11 is 7.49. The summed E-state index contributed by atoms with van der Waals surface area (Å²) in [5, 5.41) is 4.02. The maximum absolute atomic E-state index is 13.1. The second kappa shape index (κ2) is 7.29. The lowest BCUT2D eigenvalue weighted by atomic mass is 10.2. The van der Waals surface area contributed by atoms with Crippen molar-refractivity contribution in [3.63, 3.8) is 0 Å². The van der Waals surface area contributed by atoms with E-state index < -0.39 is 0 Å². The van der Waals surface area contributed by atoms with E-state index >= 15 is 0 Å². The Hall–Kier alpha value is -2.31. The Morgan fingerprint density at radius 3 is 2.68 bits per heavy atom. The molecule has 25 heavy (non-hydrogen) atoms. The molecular formula is C18H15ClFN3OS. The lowest BCUT2D eigenvalue weighted by Crippen LogP contribution is -2.26. The molecule has 128 valence electrons. The molecule has 0 aliphatic heterocycles. The van der Waals surface area contributed by atoms with Crippen LogP contribution in [0.1, 0.15) is 33.9 Å². The van der Waals surface area contributed by atoms with Crippen LogP contribution >= 0.6 is 22.9 Å². The first kappa shape index (κ1) is 17.5. The zero-order chi connectivity index (χ0) is 18.0. The van der Waals surface area contributed by atoms with E-state index in [9.17, 15) is 9.18 Å². The molecule has 7 heteroatoms. The van der Waals surface area contributed by atoms with Gasteiger partial charge in [-0.15, -0.1) is 11.3 Å². The number of aromatic nitrogens is 2. The van der Waals surface area contributed by atoms with Crippen LogP contribution in [0.2, 0.25) is 5.02 Å². The van der Waals surface area contributed by atoms with Crippen molar-refractivity contribution < 1.29 is 9.18 Å². The number of nitrogens with zero attached hydrogens (tertiary/aromatic N) is 2. The van der Waals surface area contributed by atoms with Crippen molar-refractivity contribution in [1.82, 2.24) is 15.3 Å². The van der Waals surface area contributed by atoms with Crippen molar-refractivity contribution in [1.29, 1.82) is 0 Å². The number of hydrogen-bond donors (Lipinski definition) is 1. The molecule has 3 aromatic rings. The number of aryl methyl sites for hydroxylation is 1. The molecular weight excluding hydrogens is 361 g/mol. The van der Waals surface area contributed by atoms with Crippen LogP contribution in [0.5, 0.6) is 0 Å². The summed E-state index contributed by atoms with van der Waals surface area (Å²) in [4.78, 5) is 21.7. The third kappa shape index (κ3) is 3.86. The topological polar surface area (TPSA) is 54.9 Å². The van der Waals surface area contributed by atoms with Gasteiger partial charge in [-0.3, -0.25) is 9.78 Å². The fraction of sp³-hybridized carbons (Fsp3) is 0.167. The van der Waals surface area contributed by atoms with Gasteiger partial charge in [0.25, 0.3) is 5.91 Å². The van der Waals surface area contributed by atoms with E-state index in [1.165, 1.54) is 35.9 Å². The minimum absolute atomic E-state index is 0.233. The number of carbonyl (C=O) groups is 1. The second-order valence-electron chi connectivity index (χ2n) is 5.53. The Labute approximate surface area is 153 Å². The predicted molar refractivity (Wildman–Crippen MR) is 97.4 cm³/mol. The molecule has 0 bridgehead atoms. The van der Waals surface area contributed by atoms with E-state index in [2.05, 4.69) is 15.3 Å². The monoisotopic (exact) mass is 375 g/mol. The van der Waals surface area contributed by atoms with Crippen LogP contribution in [0.15, 0.2) is 42.7 Å². The smallest absolute Gasteiger partial charge is 0.253 e. The SMILES string of the molecule is Cc1nc(-c2ccc(F)cc2)sc1C(C)NC(=O)c1ccncc1Cl. The highest BCUT2D eigenvalue weighted by Gasteiger charge is 2.19. The van der Waals surface area contributed by atoms with Crippen molar-refractivity contribution in [2.24, 2.45) is 0 Å². The van der Waals surface area contributed by atoms with Crippen molar-refractivity contribution >= 4 is 28.8 Å². The van der Waals surface area contributed by atoms with Gasteiger partial charge in [-0.05, 0) is 44.2 Å². The maximum atomic E-state index is 13.1. The van der Waals surface area contributed by atoms with Crippen molar-refractivity contribution in [2.45, 2.75) is 19.9 Å². The molecule has 1 unspecified atom stereocenters. The van der Waals surface area contributed by atoms with E-state index in [0.717, 1.165) is 21.1 Å². The van der Waals surface area contributed by atoms with Crippen molar-refractivity contribution in [3.8, 4) is 10.6 Å². The highest BCUT2D eigenvalue weighted by molar-refractivity contribution is 7.15. The standard InChI is InChI=1S/C18H15ClFN3OS/c1-10(22-17(24)14-7-8-21-9-15(14)19)16-11(2)23-18(25-16)12-3-5-13(20)6-4-12/h3-10H,1-2H3,(H,22,24). The van der Waals surface area contributed by atoms with Crippen molar-refractivity contribution in [2.75, 3.05) is 0 Å². The number of carbonyl (C=O) groups excluding carboxylic acids is 1. The van der Waals surface area contributed by atoms with Gasteiger partial charge in [-0.2, -0.15) is 0 Å². The highest BCUT2D eigenvalue weighted by Crippen LogP contribution is 2.32. The minimum Gasteiger partial charge on any atom is -0.345 e. The molecule has 1 aromatic carbocycles. The summed E-state index contributed by atoms with van der Waals surface area (Å²) in [6, 6.07) is 7.54. The van der Waals surface area contributed by atoms with Crippen LogP contribution in [-0.2, 0) is 0 Å². The molecule has 4 nitrogen and oxygen atoms in total. The van der Waals surface area contributed by atoms with Crippen LogP contribution in [0.3, 0.4) is 0 Å². The lowest BCUT2D eigenvalue weighted by molar-refractivity contribution is 0.0940. The van der Waals surface area contributed by atoms with Gasteiger partial charge in [-0.25, -0.2) is 9.37 Å². The van der Waals surface area contributed by atoms with E-state index in [0.29, 0.717) is 10.6 Å². The van der Waals surface area contributed by atoms with E-state index in [1.807, 2.05) is 13.8 Å². The molecule has 1 atom stereocenters. The van der Waals surface area contributed by atoms with Gasteiger partial charge < -0.3 is 5.32 Å². The summed E-state index contributed by atoms with van der Waals surface area (Å²) in [6.45, 7) is 3.78. The highest BCUT2D eigenvalue weighted by atomic mass is 35.5. The molecule has 0 fully saturated rings. The first-order valence-corrected chi connectivity index (χ1v) is 8.79. The first-order valence-electron chi connectivity index (χ1n) is 7.59. The molecule has 1 N–H and O–H groups in total. The summed E-state index contributed by atoms with van der Waals surface area (Å²) in [5.41, 5.74) is 2.05. The number of rotatable bonds is 4. The minimum atomic E-state index is -0.285. The average molecular weight is 376 g/mol. The maximum Gasteiger partial charge on any atom is 0.253 e. The average Bonchev–Trinajstić information content (AvgIpc) is 2.97. The number of benzene rings is 1. The third-order valence-corrected chi connectivity index (χ3v) is 5.37. The van der Waals surface area contributed by atoms with Gasteiger partial charge in [0.2, 0.25) is 0 Å². The molecule has 3 rings (SSSR count). The van der Waals surface area contributed by atoms with Gasteiger partial charge >= 0.3 is 0 Å². The Kier molecular flexibility index (Phi) is 5.11. The molecule has 0 saturated heterocycles. The third-order valence-electron chi connectivity index (χ3n) is 3.68. The van der Waals surface area contributed by atoms with Gasteiger partial charge in [0.05, 0.1) is 27.2 Å². The van der Waals surface area contributed by atoms with Gasteiger partial charge in [-0.1, -0.05) is 11.6 Å². The van der Waals surface area contributed by atoms with Crippen LogP contribution in [0.4, 0.5) is 4.39 Å². The number of amides is 1. The molecule has 0 aliphatic rings. The number of halogens is 2. The lowest BCUT2D eigenvalue weighted by Gasteiger charge is -2.13. The summed E-state index contributed by atoms with van der Waals surface area (Å²) < 4.78 is 13.1. The number of hydrogen-bond acceptors (Lipinski definition) is 4. The summed E-state index contributed by atoms with van der Waals surface area (Å²) in [7, 11) is 0. The van der Waals surface area contributed by atoms with E-state index in [-0.39, 0.29) is 17.8 Å². The van der Waals surface area contributed by atoms with Crippen LogP contribution in [0.25, 0.3) is 10.6 Å². The fourth-order valence-corrected chi connectivity index (χ4v) is 3.70.